The molecule has 0 saturated heterocycles. The van der Waals surface area contributed by atoms with E-state index in [0.29, 0.717) is 17.4 Å². The second-order valence-electron chi connectivity index (χ2n) is 4.79. The molecule has 21 heavy (non-hydrogen) atoms. The highest BCUT2D eigenvalue weighted by atomic mass is 35.5. The standard InChI is InChI=1S/C17H14ClNO2/c1-12-2-8-15(9-3-12)20-11-16-10-17(19-21-16)13-4-6-14(18)7-5-13/h2-10H,11H2,1H3. The van der Waals surface area contributed by atoms with Crippen LogP contribution < -0.4 is 4.74 Å². The van der Waals surface area contributed by atoms with E-state index in [9.17, 15) is 0 Å². The second-order valence-corrected chi connectivity index (χ2v) is 5.22. The number of halogens is 1. The number of hydrogen-bond donors (Lipinski definition) is 0. The van der Waals surface area contributed by atoms with Crippen LogP contribution in [0.2, 0.25) is 5.02 Å². The van der Waals surface area contributed by atoms with Crippen LogP contribution in [0.15, 0.2) is 59.1 Å². The number of benzene rings is 2. The van der Waals surface area contributed by atoms with Crippen LogP contribution in [0.4, 0.5) is 0 Å². The molecule has 3 rings (SSSR count). The van der Waals surface area contributed by atoms with Gasteiger partial charge in [-0.2, -0.15) is 0 Å². The van der Waals surface area contributed by atoms with Crippen molar-refractivity contribution in [3.05, 3.63) is 70.9 Å². The molecule has 0 saturated carbocycles. The van der Waals surface area contributed by atoms with Crippen LogP contribution >= 0.6 is 11.6 Å². The number of hydrogen-bond acceptors (Lipinski definition) is 3. The van der Waals surface area contributed by atoms with Crippen molar-refractivity contribution in [1.82, 2.24) is 5.16 Å². The maximum atomic E-state index is 5.87. The zero-order valence-electron chi connectivity index (χ0n) is 11.5. The lowest BCUT2D eigenvalue weighted by atomic mass is 10.1. The van der Waals surface area contributed by atoms with Crippen molar-refractivity contribution in [2.75, 3.05) is 0 Å². The maximum absolute atomic E-state index is 5.87. The quantitative estimate of drug-likeness (QED) is 0.688. The molecule has 2 aromatic carbocycles. The van der Waals surface area contributed by atoms with E-state index in [4.69, 9.17) is 20.9 Å². The predicted octanol–water partition coefficient (Wildman–Crippen LogP) is 4.88. The lowest BCUT2D eigenvalue weighted by Crippen LogP contribution is -1.93. The van der Waals surface area contributed by atoms with Crippen molar-refractivity contribution in [3.63, 3.8) is 0 Å². The number of ether oxygens (including phenoxy) is 1. The molecule has 0 atom stereocenters. The summed E-state index contributed by atoms with van der Waals surface area (Å²) in [5.41, 5.74) is 2.94. The minimum Gasteiger partial charge on any atom is -0.486 e. The van der Waals surface area contributed by atoms with Gasteiger partial charge in [-0.05, 0) is 31.2 Å². The first-order valence-electron chi connectivity index (χ1n) is 6.62. The molecule has 0 aliphatic rings. The molecular formula is C17H14ClNO2. The first-order chi connectivity index (χ1) is 10.2. The predicted molar refractivity (Wildman–Crippen MR) is 82.5 cm³/mol. The largest absolute Gasteiger partial charge is 0.486 e. The van der Waals surface area contributed by atoms with Crippen LogP contribution in [0.25, 0.3) is 11.3 Å². The highest BCUT2D eigenvalue weighted by Crippen LogP contribution is 2.22. The fraction of sp³-hybridized carbons (Fsp3) is 0.118. The van der Waals surface area contributed by atoms with Crippen LogP contribution in [0.5, 0.6) is 5.75 Å². The van der Waals surface area contributed by atoms with Gasteiger partial charge in [0.1, 0.15) is 18.1 Å². The number of aromatic nitrogens is 1. The molecule has 0 aliphatic carbocycles. The molecule has 0 aliphatic heterocycles. The summed E-state index contributed by atoms with van der Waals surface area (Å²) in [6.45, 7) is 2.39. The Labute approximate surface area is 128 Å². The van der Waals surface area contributed by atoms with E-state index in [-0.39, 0.29) is 0 Å². The Morgan fingerprint density at radius 3 is 2.48 bits per heavy atom. The van der Waals surface area contributed by atoms with Crippen molar-refractivity contribution >= 4 is 11.6 Å². The average Bonchev–Trinajstić information content (AvgIpc) is 2.96. The normalized spacial score (nSPS) is 10.6. The highest BCUT2D eigenvalue weighted by molar-refractivity contribution is 6.30. The average molecular weight is 300 g/mol. The zero-order chi connectivity index (χ0) is 14.7. The molecule has 106 valence electrons. The first kappa shape index (κ1) is 13.7. The molecule has 0 spiro atoms. The van der Waals surface area contributed by atoms with Crippen molar-refractivity contribution in [2.45, 2.75) is 13.5 Å². The third kappa shape index (κ3) is 3.44. The Balaban J connectivity index is 1.67. The summed E-state index contributed by atoms with van der Waals surface area (Å²) in [6.07, 6.45) is 0. The minimum absolute atomic E-state index is 0.351. The first-order valence-corrected chi connectivity index (χ1v) is 6.99. The lowest BCUT2D eigenvalue weighted by molar-refractivity contribution is 0.249. The van der Waals surface area contributed by atoms with Crippen LogP contribution in [0.1, 0.15) is 11.3 Å². The molecular weight excluding hydrogens is 286 g/mol. The van der Waals surface area contributed by atoms with Gasteiger partial charge in [-0.3, -0.25) is 0 Å². The molecule has 4 heteroatoms. The number of nitrogens with zero attached hydrogens (tertiary/aromatic N) is 1. The summed E-state index contributed by atoms with van der Waals surface area (Å²) in [6, 6.07) is 17.2. The molecule has 0 N–H and O–H groups in total. The molecule has 0 radical (unpaired) electrons. The summed E-state index contributed by atoms with van der Waals surface area (Å²) in [4.78, 5) is 0. The topological polar surface area (TPSA) is 35.3 Å². The molecule has 3 aromatic rings. The van der Waals surface area contributed by atoms with Crippen molar-refractivity contribution in [3.8, 4) is 17.0 Å². The molecule has 0 amide bonds. The van der Waals surface area contributed by atoms with E-state index in [1.807, 2.05) is 61.5 Å². The molecule has 0 bridgehead atoms. The van der Waals surface area contributed by atoms with Gasteiger partial charge in [0.15, 0.2) is 5.76 Å². The van der Waals surface area contributed by atoms with E-state index in [1.165, 1.54) is 5.56 Å². The maximum Gasteiger partial charge on any atom is 0.174 e. The molecule has 1 heterocycles. The molecule has 3 nitrogen and oxygen atoms in total. The number of aryl methyl sites for hydroxylation is 1. The Bertz CT molecular complexity index is 717. The van der Waals surface area contributed by atoms with Gasteiger partial charge in [0.2, 0.25) is 0 Å². The summed E-state index contributed by atoms with van der Waals surface area (Å²) >= 11 is 5.87. The van der Waals surface area contributed by atoms with Gasteiger partial charge < -0.3 is 9.26 Å². The van der Waals surface area contributed by atoms with Gasteiger partial charge in [-0.1, -0.05) is 46.6 Å². The Hall–Kier alpha value is -2.26. The van der Waals surface area contributed by atoms with E-state index >= 15 is 0 Å². The lowest BCUT2D eigenvalue weighted by Gasteiger charge is -2.03. The Morgan fingerprint density at radius 2 is 1.76 bits per heavy atom. The summed E-state index contributed by atoms with van der Waals surface area (Å²) < 4.78 is 10.9. The van der Waals surface area contributed by atoms with E-state index in [0.717, 1.165) is 17.0 Å². The van der Waals surface area contributed by atoms with Crippen molar-refractivity contribution in [2.24, 2.45) is 0 Å². The van der Waals surface area contributed by atoms with Crippen molar-refractivity contribution in [1.29, 1.82) is 0 Å². The minimum atomic E-state index is 0.351. The van der Waals surface area contributed by atoms with Gasteiger partial charge in [-0.25, -0.2) is 0 Å². The van der Waals surface area contributed by atoms with Crippen LogP contribution in [0, 0.1) is 6.92 Å². The smallest absolute Gasteiger partial charge is 0.174 e. The third-order valence-corrected chi connectivity index (χ3v) is 3.35. The Kier molecular flexibility index (Phi) is 3.93. The van der Waals surface area contributed by atoms with Gasteiger partial charge in [0.25, 0.3) is 0 Å². The third-order valence-electron chi connectivity index (χ3n) is 3.10. The SMILES string of the molecule is Cc1ccc(OCc2cc(-c3ccc(Cl)cc3)no2)cc1. The monoisotopic (exact) mass is 299 g/mol. The summed E-state index contributed by atoms with van der Waals surface area (Å²) in [5.74, 6) is 1.49. The molecule has 0 fully saturated rings. The zero-order valence-corrected chi connectivity index (χ0v) is 12.3. The Morgan fingerprint density at radius 1 is 1.05 bits per heavy atom. The fourth-order valence-electron chi connectivity index (χ4n) is 1.93. The van der Waals surface area contributed by atoms with Crippen LogP contribution in [-0.2, 0) is 6.61 Å². The van der Waals surface area contributed by atoms with Gasteiger partial charge >= 0.3 is 0 Å². The highest BCUT2D eigenvalue weighted by Gasteiger charge is 2.07. The van der Waals surface area contributed by atoms with E-state index in [1.54, 1.807) is 0 Å². The summed E-state index contributed by atoms with van der Waals surface area (Å²) in [5, 5.41) is 4.74. The van der Waals surface area contributed by atoms with E-state index in [2.05, 4.69) is 5.16 Å². The second kappa shape index (κ2) is 6.02. The van der Waals surface area contributed by atoms with Crippen LogP contribution in [-0.4, -0.2) is 5.16 Å². The van der Waals surface area contributed by atoms with Gasteiger partial charge in [-0.15, -0.1) is 0 Å². The van der Waals surface area contributed by atoms with Crippen molar-refractivity contribution < 1.29 is 9.26 Å². The van der Waals surface area contributed by atoms with Crippen LogP contribution in [0.3, 0.4) is 0 Å². The van der Waals surface area contributed by atoms with Gasteiger partial charge in [0, 0.05) is 16.7 Å². The molecule has 1 aromatic heterocycles. The molecule has 0 unspecified atom stereocenters. The van der Waals surface area contributed by atoms with Gasteiger partial charge in [0.05, 0.1) is 0 Å². The van der Waals surface area contributed by atoms with E-state index < -0.39 is 0 Å². The summed E-state index contributed by atoms with van der Waals surface area (Å²) in [7, 11) is 0. The fourth-order valence-corrected chi connectivity index (χ4v) is 2.05. The number of rotatable bonds is 4.